The maximum absolute atomic E-state index is 8.85. The summed E-state index contributed by atoms with van der Waals surface area (Å²) in [4.78, 5) is 0. The normalized spacial score (nSPS) is 11.4. The van der Waals surface area contributed by atoms with Gasteiger partial charge in [-0.05, 0) is 29.8 Å². The first-order chi connectivity index (χ1) is 10.8. The molecule has 0 fully saturated rings. The maximum Gasteiger partial charge on any atom is 0.231 e. The van der Waals surface area contributed by atoms with Crippen LogP contribution in [0.15, 0.2) is 42.5 Å². The van der Waals surface area contributed by atoms with Crippen molar-refractivity contribution < 1.29 is 14.2 Å². The minimum Gasteiger partial charge on any atom is -0.492 e. The van der Waals surface area contributed by atoms with Crippen LogP contribution in [0, 0.1) is 11.3 Å². The van der Waals surface area contributed by atoms with Crippen LogP contribution >= 0.6 is 12.4 Å². The number of nitriles is 1. The molecule has 6 heteroatoms. The van der Waals surface area contributed by atoms with Crippen molar-refractivity contribution in [2.75, 3.05) is 19.9 Å². The number of hydrogen-bond donors (Lipinski definition) is 1. The van der Waals surface area contributed by atoms with Gasteiger partial charge in [-0.1, -0.05) is 12.1 Å². The molecule has 0 aromatic heterocycles. The number of hydrogen-bond acceptors (Lipinski definition) is 5. The molecule has 0 saturated heterocycles. The molecule has 5 nitrogen and oxygen atoms in total. The van der Waals surface area contributed by atoms with E-state index in [4.69, 9.17) is 19.5 Å². The van der Waals surface area contributed by atoms with Gasteiger partial charge >= 0.3 is 0 Å². The van der Waals surface area contributed by atoms with E-state index in [1.165, 1.54) is 0 Å². The molecular weight excluding hydrogens is 316 g/mol. The zero-order valence-electron chi connectivity index (χ0n) is 12.5. The highest BCUT2D eigenvalue weighted by Gasteiger charge is 2.13. The number of ether oxygens (including phenoxy) is 3. The fraction of sp³-hybridized carbons (Fsp3) is 0.235. The zero-order valence-corrected chi connectivity index (χ0v) is 13.3. The Morgan fingerprint density at radius 1 is 1.13 bits per heavy atom. The van der Waals surface area contributed by atoms with Gasteiger partial charge in [0.2, 0.25) is 6.79 Å². The second-order valence-electron chi connectivity index (χ2n) is 4.85. The van der Waals surface area contributed by atoms with Gasteiger partial charge in [-0.2, -0.15) is 5.26 Å². The highest BCUT2D eigenvalue weighted by molar-refractivity contribution is 5.85. The molecule has 1 heterocycles. The van der Waals surface area contributed by atoms with Crippen molar-refractivity contribution in [3.05, 3.63) is 53.6 Å². The van der Waals surface area contributed by atoms with E-state index in [9.17, 15) is 0 Å². The number of benzene rings is 2. The molecule has 3 rings (SSSR count). The number of rotatable bonds is 6. The van der Waals surface area contributed by atoms with Gasteiger partial charge < -0.3 is 19.5 Å². The Bertz CT molecular complexity index is 700. The molecule has 0 spiro atoms. The second-order valence-corrected chi connectivity index (χ2v) is 4.85. The van der Waals surface area contributed by atoms with Crippen LogP contribution in [0.3, 0.4) is 0 Å². The third-order valence-electron chi connectivity index (χ3n) is 3.28. The molecule has 0 saturated carbocycles. The minimum absolute atomic E-state index is 0. The van der Waals surface area contributed by atoms with Crippen LogP contribution < -0.4 is 19.5 Å². The van der Waals surface area contributed by atoms with Crippen molar-refractivity contribution in [1.29, 1.82) is 5.26 Å². The van der Waals surface area contributed by atoms with Crippen molar-refractivity contribution in [3.8, 4) is 23.3 Å². The molecule has 0 radical (unpaired) electrons. The van der Waals surface area contributed by atoms with E-state index < -0.39 is 0 Å². The van der Waals surface area contributed by atoms with Gasteiger partial charge in [0.15, 0.2) is 11.5 Å². The van der Waals surface area contributed by atoms with Crippen LogP contribution in [0.25, 0.3) is 0 Å². The molecular formula is C17H17ClN2O3. The summed E-state index contributed by atoms with van der Waals surface area (Å²) in [6.45, 7) is 2.24. The van der Waals surface area contributed by atoms with Crippen LogP contribution in [-0.2, 0) is 6.54 Å². The van der Waals surface area contributed by atoms with E-state index in [-0.39, 0.29) is 19.2 Å². The van der Waals surface area contributed by atoms with Gasteiger partial charge in [0.1, 0.15) is 12.4 Å². The largest absolute Gasteiger partial charge is 0.492 e. The Hall–Kier alpha value is -2.42. The van der Waals surface area contributed by atoms with Gasteiger partial charge in [0.25, 0.3) is 0 Å². The van der Waals surface area contributed by atoms with Crippen LogP contribution in [0.5, 0.6) is 17.2 Å². The van der Waals surface area contributed by atoms with Crippen LogP contribution in [0.1, 0.15) is 11.1 Å². The van der Waals surface area contributed by atoms with Crippen molar-refractivity contribution in [3.63, 3.8) is 0 Å². The lowest BCUT2D eigenvalue weighted by atomic mass is 10.1. The molecule has 0 atom stereocenters. The second kappa shape index (κ2) is 8.28. The topological polar surface area (TPSA) is 63.5 Å². The Morgan fingerprint density at radius 2 is 2.00 bits per heavy atom. The minimum atomic E-state index is 0. The number of fused-ring (bicyclic) bond motifs is 1. The molecule has 0 amide bonds. The number of nitrogens with one attached hydrogen (secondary N) is 1. The summed E-state index contributed by atoms with van der Waals surface area (Å²) in [5.41, 5.74) is 1.76. The first-order valence-corrected chi connectivity index (χ1v) is 7.07. The smallest absolute Gasteiger partial charge is 0.231 e. The predicted molar refractivity (Wildman–Crippen MR) is 88.2 cm³/mol. The van der Waals surface area contributed by atoms with Gasteiger partial charge in [0, 0.05) is 19.2 Å². The molecule has 2 aromatic rings. The molecule has 0 aliphatic carbocycles. The molecule has 2 aromatic carbocycles. The van der Waals surface area contributed by atoms with Crippen LogP contribution in [-0.4, -0.2) is 19.9 Å². The average Bonchev–Trinajstić information content (AvgIpc) is 3.02. The predicted octanol–water partition coefficient (Wildman–Crippen LogP) is 2.88. The van der Waals surface area contributed by atoms with Crippen LogP contribution in [0.4, 0.5) is 0 Å². The quantitative estimate of drug-likeness (QED) is 0.824. The number of nitrogens with zero attached hydrogens (tertiary/aromatic N) is 1. The Kier molecular flexibility index (Phi) is 6.10. The summed E-state index contributed by atoms with van der Waals surface area (Å²) in [5.74, 6) is 2.24. The molecule has 23 heavy (non-hydrogen) atoms. The first kappa shape index (κ1) is 16.9. The van der Waals surface area contributed by atoms with Gasteiger partial charge in [-0.25, -0.2) is 0 Å². The first-order valence-electron chi connectivity index (χ1n) is 7.07. The van der Waals surface area contributed by atoms with Crippen LogP contribution in [0.2, 0.25) is 0 Å². The van der Waals surface area contributed by atoms with Crippen molar-refractivity contribution in [2.45, 2.75) is 6.54 Å². The van der Waals surface area contributed by atoms with E-state index in [1.807, 2.05) is 36.4 Å². The summed E-state index contributed by atoms with van der Waals surface area (Å²) in [5, 5.41) is 12.1. The SMILES string of the molecule is Cl.N#Cc1cccc(CNCCOc2ccc3c(c2)OCO3)c1. The van der Waals surface area contributed by atoms with Crippen molar-refractivity contribution in [1.82, 2.24) is 5.32 Å². The fourth-order valence-electron chi connectivity index (χ4n) is 2.19. The fourth-order valence-corrected chi connectivity index (χ4v) is 2.19. The van der Waals surface area contributed by atoms with E-state index in [2.05, 4.69) is 11.4 Å². The summed E-state index contributed by atoms with van der Waals surface area (Å²) < 4.78 is 16.2. The lowest BCUT2D eigenvalue weighted by molar-refractivity contribution is 0.173. The third-order valence-corrected chi connectivity index (χ3v) is 3.28. The lowest BCUT2D eigenvalue weighted by Crippen LogP contribution is -2.20. The highest BCUT2D eigenvalue weighted by atomic mass is 35.5. The number of halogens is 1. The molecule has 0 unspecified atom stereocenters. The lowest BCUT2D eigenvalue weighted by Gasteiger charge is -2.08. The Morgan fingerprint density at radius 3 is 2.87 bits per heavy atom. The molecule has 0 bridgehead atoms. The summed E-state index contributed by atoms with van der Waals surface area (Å²) in [6, 6.07) is 15.2. The summed E-state index contributed by atoms with van der Waals surface area (Å²) in [7, 11) is 0. The molecule has 1 N–H and O–H groups in total. The van der Waals surface area contributed by atoms with E-state index in [1.54, 1.807) is 6.07 Å². The standard InChI is InChI=1S/C17H16N2O3.ClH/c18-10-13-2-1-3-14(8-13)11-19-6-7-20-15-4-5-16-17(9-15)22-12-21-16;/h1-5,8-9,19H,6-7,11-12H2;1H. The summed E-state index contributed by atoms with van der Waals surface area (Å²) in [6.07, 6.45) is 0. The van der Waals surface area contributed by atoms with E-state index in [0.717, 1.165) is 22.8 Å². The van der Waals surface area contributed by atoms with Gasteiger partial charge in [-0.3, -0.25) is 0 Å². The molecule has 1 aliphatic heterocycles. The van der Waals surface area contributed by atoms with E-state index in [0.29, 0.717) is 25.3 Å². The third kappa shape index (κ3) is 4.52. The van der Waals surface area contributed by atoms with Crippen molar-refractivity contribution >= 4 is 12.4 Å². The average molecular weight is 333 g/mol. The highest BCUT2D eigenvalue weighted by Crippen LogP contribution is 2.34. The zero-order chi connectivity index (χ0) is 15.2. The molecule has 120 valence electrons. The Labute approximate surface area is 141 Å². The monoisotopic (exact) mass is 332 g/mol. The molecule has 1 aliphatic rings. The van der Waals surface area contributed by atoms with Crippen molar-refractivity contribution in [2.24, 2.45) is 0 Å². The van der Waals surface area contributed by atoms with Gasteiger partial charge in [0.05, 0.1) is 11.6 Å². The van der Waals surface area contributed by atoms with E-state index >= 15 is 0 Å². The van der Waals surface area contributed by atoms with Gasteiger partial charge in [-0.15, -0.1) is 12.4 Å². The maximum atomic E-state index is 8.85. The Balaban J connectivity index is 0.00000192. The summed E-state index contributed by atoms with van der Waals surface area (Å²) >= 11 is 0.